The number of nitrogens with one attached hydrogen (secondary N) is 1. The molecule has 2 aromatic rings. The van der Waals surface area contributed by atoms with Crippen LogP contribution in [-0.2, 0) is 19.6 Å². The van der Waals surface area contributed by atoms with Crippen molar-refractivity contribution in [3.8, 4) is 0 Å². The molecule has 0 amide bonds. The van der Waals surface area contributed by atoms with E-state index >= 15 is 0 Å². The smallest absolute Gasteiger partial charge is 0.305 e. The maximum Gasteiger partial charge on any atom is 0.333 e. The molecule has 19 heavy (non-hydrogen) atoms. The van der Waals surface area contributed by atoms with E-state index in [2.05, 4.69) is 22.4 Å². The van der Waals surface area contributed by atoms with Gasteiger partial charge in [-0.05, 0) is 18.6 Å². The van der Waals surface area contributed by atoms with E-state index in [1.165, 1.54) is 6.20 Å². The van der Waals surface area contributed by atoms with Gasteiger partial charge in [0.05, 0.1) is 11.4 Å². The topological polar surface area (TPSA) is 47.7 Å². The van der Waals surface area contributed by atoms with Gasteiger partial charge in [-0.25, -0.2) is 4.68 Å². The lowest BCUT2D eigenvalue weighted by atomic mass is 10.3. The molecule has 2 rings (SSSR count). The lowest BCUT2D eigenvalue weighted by Gasteiger charge is -2.06. The first kappa shape index (κ1) is 13.7. The van der Waals surface area contributed by atoms with Crippen molar-refractivity contribution >= 4 is 0 Å². The maximum atomic E-state index is 12.3. The van der Waals surface area contributed by atoms with Gasteiger partial charge in [0, 0.05) is 32.0 Å². The van der Waals surface area contributed by atoms with E-state index in [4.69, 9.17) is 0 Å². The quantitative estimate of drug-likeness (QED) is 0.838. The molecule has 0 aliphatic rings. The Morgan fingerprint density at radius 2 is 2.16 bits per heavy atom. The van der Waals surface area contributed by atoms with Crippen molar-refractivity contribution in [2.75, 3.05) is 0 Å². The maximum absolute atomic E-state index is 12.3. The molecule has 0 saturated heterocycles. The molecule has 0 aliphatic carbocycles. The molecule has 0 bridgehead atoms. The summed E-state index contributed by atoms with van der Waals surface area (Å²) in [5, 5.41) is 11.2. The molecule has 0 unspecified atom stereocenters. The third-order valence-corrected chi connectivity index (χ3v) is 2.72. The highest BCUT2D eigenvalue weighted by molar-refractivity contribution is 5.02. The molecule has 0 radical (unpaired) electrons. The Morgan fingerprint density at radius 3 is 2.84 bits per heavy atom. The van der Waals surface area contributed by atoms with E-state index in [-0.39, 0.29) is 0 Å². The van der Waals surface area contributed by atoms with Crippen LogP contribution in [0.1, 0.15) is 31.3 Å². The highest BCUT2D eigenvalue weighted by atomic mass is 19.3. The van der Waals surface area contributed by atoms with Crippen LogP contribution in [0.25, 0.3) is 0 Å². The summed E-state index contributed by atoms with van der Waals surface area (Å²) in [6.07, 6.45) is 4.06. The highest BCUT2D eigenvalue weighted by Gasteiger charge is 2.07. The van der Waals surface area contributed by atoms with Crippen molar-refractivity contribution in [3.05, 3.63) is 35.9 Å². The van der Waals surface area contributed by atoms with Crippen LogP contribution in [-0.4, -0.2) is 19.6 Å². The second-order valence-corrected chi connectivity index (χ2v) is 4.21. The lowest BCUT2D eigenvalue weighted by molar-refractivity contribution is 0.0561. The minimum absolute atomic E-state index is 0.455. The minimum Gasteiger partial charge on any atom is -0.305 e. The minimum atomic E-state index is -2.58. The summed E-state index contributed by atoms with van der Waals surface area (Å²) in [5.41, 5.74) is 1.68. The molecule has 0 aliphatic heterocycles. The van der Waals surface area contributed by atoms with Gasteiger partial charge < -0.3 is 5.32 Å². The highest BCUT2D eigenvalue weighted by Crippen LogP contribution is 2.08. The Kier molecular flexibility index (Phi) is 4.62. The van der Waals surface area contributed by atoms with Crippen LogP contribution in [0, 0.1) is 0 Å². The molecule has 0 saturated carbocycles. The van der Waals surface area contributed by atoms with Gasteiger partial charge >= 0.3 is 6.55 Å². The number of alkyl halides is 2. The van der Waals surface area contributed by atoms with Crippen LogP contribution in [0.5, 0.6) is 0 Å². The van der Waals surface area contributed by atoms with Gasteiger partial charge in [-0.2, -0.15) is 19.0 Å². The molecule has 7 heteroatoms. The predicted molar refractivity (Wildman–Crippen MR) is 66.5 cm³/mol. The van der Waals surface area contributed by atoms with E-state index in [1.807, 2.05) is 10.7 Å². The fourth-order valence-corrected chi connectivity index (χ4v) is 1.82. The van der Waals surface area contributed by atoms with Crippen molar-refractivity contribution in [3.63, 3.8) is 0 Å². The second-order valence-electron chi connectivity index (χ2n) is 4.21. The van der Waals surface area contributed by atoms with Gasteiger partial charge in [-0.1, -0.05) is 6.92 Å². The Labute approximate surface area is 110 Å². The molecule has 0 aromatic carbocycles. The number of hydrogen-bond acceptors (Lipinski definition) is 3. The van der Waals surface area contributed by atoms with Crippen LogP contribution in [0.15, 0.2) is 24.5 Å². The first-order valence-electron chi connectivity index (χ1n) is 6.24. The van der Waals surface area contributed by atoms with Gasteiger partial charge in [0.2, 0.25) is 0 Å². The summed E-state index contributed by atoms with van der Waals surface area (Å²) < 4.78 is 27.3. The lowest BCUT2D eigenvalue weighted by Crippen LogP contribution is -2.17. The summed E-state index contributed by atoms with van der Waals surface area (Å²) in [6, 6.07) is 3.53. The molecular weight excluding hydrogens is 252 g/mol. The second kappa shape index (κ2) is 6.42. The first-order chi connectivity index (χ1) is 9.20. The zero-order chi connectivity index (χ0) is 13.7. The Morgan fingerprint density at radius 1 is 1.32 bits per heavy atom. The van der Waals surface area contributed by atoms with Gasteiger partial charge in [0.25, 0.3) is 0 Å². The van der Waals surface area contributed by atoms with Gasteiger partial charge in [-0.3, -0.25) is 4.68 Å². The van der Waals surface area contributed by atoms with Crippen molar-refractivity contribution in [1.29, 1.82) is 0 Å². The van der Waals surface area contributed by atoms with E-state index in [9.17, 15) is 8.78 Å². The van der Waals surface area contributed by atoms with Crippen molar-refractivity contribution in [2.45, 2.75) is 39.5 Å². The van der Waals surface area contributed by atoms with E-state index in [1.54, 1.807) is 12.3 Å². The zero-order valence-electron chi connectivity index (χ0n) is 10.8. The monoisotopic (exact) mass is 269 g/mol. The zero-order valence-corrected chi connectivity index (χ0v) is 10.8. The van der Waals surface area contributed by atoms with Crippen LogP contribution in [0.2, 0.25) is 0 Å². The molecule has 2 aromatic heterocycles. The molecule has 104 valence electrons. The molecule has 0 atom stereocenters. The van der Waals surface area contributed by atoms with Gasteiger partial charge in [-0.15, -0.1) is 0 Å². The third kappa shape index (κ3) is 3.60. The van der Waals surface area contributed by atoms with E-state index in [0.717, 1.165) is 18.7 Å². The van der Waals surface area contributed by atoms with E-state index < -0.39 is 6.55 Å². The van der Waals surface area contributed by atoms with Crippen molar-refractivity contribution in [1.82, 2.24) is 24.9 Å². The summed E-state index contributed by atoms with van der Waals surface area (Å²) in [4.78, 5) is 0. The van der Waals surface area contributed by atoms with Crippen molar-refractivity contribution in [2.24, 2.45) is 0 Å². The average molecular weight is 269 g/mol. The third-order valence-electron chi connectivity index (χ3n) is 2.72. The van der Waals surface area contributed by atoms with Crippen LogP contribution < -0.4 is 5.32 Å². The number of hydrogen-bond donors (Lipinski definition) is 1. The number of rotatable bonds is 7. The summed E-state index contributed by atoms with van der Waals surface area (Å²) in [7, 11) is 0. The molecule has 0 spiro atoms. The molecule has 1 N–H and O–H groups in total. The molecule has 0 fully saturated rings. The van der Waals surface area contributed by atoms with E-state index in [0.29, 0.717) is 23.5 Å². The van der Waals surface area contributed by atoms with Gasteiger partial charge in [0.1, 0.15) is 0 Å². The average Bonchev–Trinajstić information content (AvgIpc) is 3.00. The van der Waals surface area contributed by atoms with Crippen LogP contribution in [0.4, 0.5) is 8.78 Å². The normalized spacial score (nSPS) is 11.4. The number of aromatic nitrogens is 4. The first-order valence-corrected chi connectivity index (χ1v) is 6.24. The fraction of sp³-hybridized carbons (Fsp3) is 0.500. The molecule has 5 nitrogen and oxygen atoms in total. The van der Waals surface area contributed by atoms with Crippen LogP contribution in [0.3, 0.4) is 0 Å². The Hall–Kier alpha value is -1.76. The standard InChI is InChI=1S/C12H17F2N5/c1-2-6-18-11(3-5-16-18)9-15-8-10-4-7-19(17-10)12(13)14/h3-5,7,12,15H,2,6,8-9H2,1H3. The molecular formula is C12H17F2N5. The molecule has 2 heterocycles. The van der Waals surface area contributed by atoms with Gasteiger partial charge in [0.15, 0.2) is 0 Å². The number of aryl methyl sites for hydroxylation is 1. The predicted octanol–water partition coefficient (Wildman–Crippen LogP) is 2.17. The number of halogens is 2. The summed E-state index contributed by atoms with van der Waals surface area (Å²) in [5.74, 6) is 0. The Bertz CT molecular complexity index is 506. The number of nitrogens with zero attached hydrogens (tertiary/aromatic N) is 4. The SMILES string of the molecule is CCCn1nccc1CNCc1ccn(C(F)F)n1. The summed E-state index contributed by atoms with van der Waals surface area (Å²) in [6.45, 7) is 1.48. The van der Waals surface area contributed by atoms with Crippen LogP contribution >= 0.6 is 0 Å². The summed E-state index contributed by atoms with van der Waals surface area (Å²) >= 11 is 0. The Balaban J connectivity index is 1.83. The largest absolute Gasteiger partial charge is 0.333 e. The fourth-order valence-electron chi connectivity index (χ4n) is 1.82. The van der Waals surface area contributed by atoms with Crippen molar-refractivity contribution < 1.29 is 8.78 Å².